The van der Waals surface area contributed by atoms with E-state index in [0.717, 1.165) is 44.2 Å². The van der Waals surface area contributed by atoms with Crippen molar-refractivity contribution in [2.75, 3.05) is 40.4 Å². The number of carboxylic acid groups (broad SMARTS) is 2. The summed E-state index contributed by atoms with van der Waals surface area (Å²) < 4.78 is 10.6. The van der Waals surface area contributed by atoms with Crippen LogP contribution < -0.4 is 9.47 Å². The summed E-state index contributed by atoms with van der Waals surface area (Å²) in [6.45, 7) is 8.51. The Labute approximate surface area is 170 Å². The number of nitrogens with zero attached hydrogens (tertiary/aromatic N) is 2. The van der Waals surface area contributed by atoms with Crippen LogP contribution in [-0.4, -0.2) is 78.3 Å². The van der Waals surface area contributed by atoms with Crippen LogP contribution in [-0.2, 0) is 20.9 Å². The predicted octanol–water partition coefficient (Wildman–Crippen LogP) is 1.55. The zero-order valence-corrected chi connectivity index (χ0v) is 17.4. The van der Waals surface area contributed by atoms with Gasteiger partial charge in [0.15, 0.2) is 11.5 Å². The quantitative estimate of drug-likeness (QED) is 0.679. The fourth-order valence-corrected chi connectivity index (χ4v) is 2.87. The minimum Gasteiger partial charge on any atom is -0.493 e. The Morgan fingerprint density at radius 1 is 0.966 bits per heavy atom. The van der Waals surface area contributed by atoms with E-state index in [-0.39, 0.29) is 5.91 Å². The molecule has 2 N–H and O–H groups in total. The van der Waals surface area contributed by atoms with Crippen molar-refractivity contribution < 1.29 is 34.1 Å². The zero-order valence-electron chi connectivity index (χ0n) is 17.4. The van der Waals surface area contributed by atoms with Gasteiger partial charge in [0, 0.05) is 39.1 Å². The van der Waals surface area contributed by atoms with Gasteiger partial charge < -0.3 is 24.6 Å². The SMILES string of the molecule is COc1ccc(CN2CCN(C(=O)CC(C)C)CC2)cc1OC.O=C(O)C(=O)O. The maximum Gasteiger partial charge on any atom is 0.414 e. The molecule has 1 aliphatic rings. The fourth-order valence-electron chi connectivity index (χ4n) is 2.87. The molecule has 0 unspecified atom stereocenters. The van der Waals surface area contributed by atoms with Crippen molar-refractivity contribution in [3.63, 3.8) is 0 Å². The maximum absolute atomic E-state index is 12.1. The number of benzene rings is 1. The highest BCUT2D eigenvalue weighted by molar-refractivity contribution is 6.27. The third-order valence-corrected chi connectivity index (χ3v) is 4.34. The summed E-state index contributed by atoms with van der Waals surface area (Å²) in [6.07, 6.45) is 0.648. The Bertz CT molecular complexity index is 686. The number of aliphatic carboxylic acids is 2. The smallest absolute Gasteiger partial charge is 0.414 e. The van der Waals surface area contributed by atoms with E-state index >= 15 is 0 Å². The van der Waals surface area contributed by atoms with E-state index in [1.54, 1.807) is 14.2 Å². The molecule has 0 aromatic heterocycles. The highest BCUT2D eigenvalue weighted by Gasteiger charge is 2.21. The van der Waals surface area contributed by atoms with Crippen molar-refractivity contribution >= 4 is 17.8 Å². The first kappa shape index (κ1) is 24.2. The molecule has 0 saturated carbocycles. The highest BCUT2D eigenvalue weighted by Crippen LogP contribution is 2.28. The first-order chi connectivity index (χ1) is 13.7. The van der Waals surface area contributed by atoms with Gasteiger partial charge in [0.05, 0.1) is 14.2 Å². The molecule has 2 rings (SSSR count). The molecule has 1 amide bonds. The van der Waals surface area contributed by atoms with Crippen molar-refractivity contribution in [2.24, 2.45) is 5.92 Å². The third-order valence-electron chi connectivity index (χ3n) is 4.34. The van der Waals surface area contributed by atoms with E-state index in [4.69, 9.17) is 29.3 Å². The summed E-state index contributed by atoms with van der Waals surface area (Å²) in [4.78, 5) is 34.7. The van der Waals surface area contributed by atoms with Crippen molar-refractivity contribution in [1.82, 2.24) is 9.80 Å². The van der Waals surface area contributed by atoms with Gasteiger partial charge >= 0.3 is 11.9 Å². The van der Waals surface area contributed by atoms with Gasteiger partial charge in [-0.05, 0) is 23.6 Å². The number of carbonyl (C=O) groups is 3. The Kier molecular flexibility index (Phi) is 9.94. The highest BCUT2D eigenvalue weighted by atomic mass is 16.5. The molecule has 9 heteroatoms. The summed E-state index contributed by atoms with van der Waals surface area (Å²) in [5.74, 6) is -1.43. The standard InChI is InChI=1S/C18H28N2O3.C2H2O4/c1-14(2)11-18(21)20-9-7-19(8-10-20)13-15-5-6-16(22-3)17(12-15)23-4;3-1(4)2(5)6/h5-6,12,14H,7-11,13H2,1-4H3;(H,3,4)(H,5,6). The Morgan fingerprint density at radius 2 is 1.52 bits per heavy atom. The zero-order chi connectivity index (χ0) is 22.0. The van der Waals surface area contributed by atoms with E-state index in [9.17, 15) is 4.79 Å². The minimum atomic E-state index is -1.82. The first-order valence-electron chi connectivity index (χ1n) is 9.35. The normalized spacial score (nSPS) is 14.0. The van der Waals surface area contributed by atoms with Crippen LogP contribution in [0.4, 0.5) is 0 Å². The van der Waals surface area contributed by atoms with Crippen LogP contribution in [0, 0.1) is 5.92 Å². The molecule has 0 aliphatic carbocycles. The number of methoxy groups -OCH3 is 2. The van der Waals surface area contributed by atoms with Crippen LogP contribution in [0.2, 0.25) is 0 Å². The van der Waals surface area contributed by atoms with Crippen LogP contribution in [0.15, 0.2) is 18.2 Å². The molecular formula is C20H30N2O7. The topological polar surface area (TPSA) is 117 Å². The number of rotatable bonds is 6. The average molecular weight is 410 g/mol. The second-order valence-corrected chi connectivity index (χ2v) is 7.05. The van der Waals surface area contributed by atoms with Crippen molar-refractivity contribution in [3.05, 3.63) is 23.8 Å². The molecule has 9 nitrogen and oxygen atoms in total. The molecule has 1 aromatic carbocycles. The summed E-state index contributed by atoms with van der Waals surface area (Å²) in [5, 5.41) is 14.8. The second-order valence-electron chi connectivity index (χ2n) is 7.05. The minimum absolute atomic E-state index is 0.283. The Hall–Kier alpha value is -2.81. The van der Waals surface area contributed by atoms with Crippen LogP contribution in [0.5, 0.6) is 11.5 Å². The lowest BCUT2D eigenvalue weighted by atomic mass is 10.1. The molecular weight excluding hydrogens is 380 g/mol. The number of amides is 1. The molecule has 1 aliphatic heterocycles. The van der Waals surface area contributed by atoms with Gasteiger partial charge in [-0.3, -0.25) is 9.69 Å². The van der Waals surface area contributed by atoms with E-state index in [0.29, 0.717) is 12.3 Å². The Morgan fingerprint density at radius 3 is 1.97 bits per heavy atom. The number of piperazine rings is 1. The number of hydrogen-bond acceptors (Lipinski definition) is 6. The number of hydrogen-bond donors (Lipinski definition) is 2. The molecule has 1 heterocycles. The summed E-state index contributed by atoms with van der Waals surface area (Å²) in [5.41, 5.74) is 1.20. The van der Waals surface area contributed by atoms with Gasteiger partial charge in [-0.15, -0.1) is 0 Å². The predicted molar refractivity (Wildman–Crippen MR) is 106 cm³/mol. The number of ether oxygens (including phenoxy) is 2. The summed E-state index contributed by atoms with van der Waals surface area (Å²) in [7, 11) is 3.30. The van der Waals surface area contributed by atoms with Gasteiger partial charge in [-0.2, -0.15) is 0 Å². The average Bonchev–Trinajstić information content (AvgIpc) is 2.68. The molecule has 0 atom stereocenters. The molecule has 0 spiro atoms. The summed E-state index contributed by atoms with van der Waals surface area (Å²) in [6, 6.07) is 6.03. The van der Waals surface area contributed by atoms with Gasteiger partial charge in [-0.1, -0.05) is 19.9 Å². The van der Waals surface area contributed by atoms with E-state index < -0.39 is 11.9 Å². The lowest BCUT2D eigenvalue weighted by Crippen LogP contribution is -2.48. The second kappa shape index (κ2) is 11.9. The maximum atomic E-state index is 12.1. The van der Waals surface area contributed by atoms with Crippen LogP contribution in [0.3, 0.4) is 0 Å². The largest absolute Gasteiger partial charge is 0.493 e. The molecule has 0 bridgehead atoms. The third kappa shape index (κ3) is 8.39. The van der Waals surface area contributed by atoms with Crippen LogP contribution >= 0.6 is 0 Å². The van der Waals surface area contributed by atoms with Gasteiger partial charge in [0.2, 0.25) is 5.91 Å². The lowest BCUT2D eigenvalue weighted by molar-refractivity contribution is -0.159. The summed E-state index contributed by atoms with van der Waals surface area (Å²) >= 11 is 0. The van der Waals surface area contributed by atoms with Gasteiger partial charge in [0.25, 0.3) is 0 Å². The number of carbonyl (C=O) groups excluding carboxylic acids is 1. The van der Waals surface area contributed by atoms with E-state index in [1.165, 1.54) is 5.56 Å². The lowest BCUT2D eigenvalue weighted by Gasteiger charge is -2.35. The molecule has 1 saturated heterocycles. The van der Waals surface area contributed by atoms with Gasteiger partial charge in [0.1, 0.15) is 0 Å². The van der Waals surface area contributed by atoms with E-state index in [1.807, 2.05) is 17.0 Å². The van der Waals surface area contributed by atoms with Crippen molar-refractivity contribution in [2.45, 2.75) is 26.8 Å². The van der Waals surface area contributed by atoms with Crippen LogP contribution in [0.1, 0.15) is 25.8 Å². The fraction of sp³-hybridized carbons (Fsp3) is 0.550. The van der Waals surface area contributed by atoms with Crippen molar-refractivity contribution in [1.29, 1.82) is 0 Å². The molecule has 1 aromatic rings. The van der Waals surface area contributed by atoms with Gasteiger partial charge in [-0.25, -0.2) is 9.59 Å². The van der Waals surface area contributed by atoms with E-state index in [2.05, 4.69) is 24.8 Å². The Balaban J connectivity index is 0.000000612. The number of carboxylic acids is 2. The first-order valence-corrected chi connectivity index (χ1v) is 9.35. The molecule has 29 heavy (non-hydrogen) atoms. The molecule has 0 radical (unpaired) electrons. The monoisotopic (exact) mass is 410 g/mol. The van der Waals surface area contributed by atoms with Crippen LogP contribution in [0.25, 0.3) is 0 Å². The molecule has 162 valence electrons. The molecule has 1 fully saturated rings. The van der Waals surface area contributed by atoms with Crippen molar-refractivity contribution in [3.8, 4) is 11.5 Å².